The van der Waals surface area contributed by atoms with Crippen LogP contribution in [0.1, 0.15) is 33.9 Å². The molecule has 0 atom stereocenters. The third-order valence-corrected chi connectivity index (χ3v) is 4.23. The van der Waals surface area contributed by atoms with Crippen molar-refractivity contribution in [3.05, 3.63) is 45.9 Å². The van der Waals surface area contributed by atoms with Crippen molar-refractivity contribution < 1.29 is 19.1 Å². The van der Waals surface area contributed by atoms with Gasteiger partial charge < -0.3 is 4.74 Å². The van der Waals surface area contributed by atoms with Gasteiger partial charge >= 0.3 is 5.97 Å². The third kappa shape index (κ3) is 3.29. The topological polar surface area (TPSA) is 76.6 Å². The number of aryl methyl sites for hydroxylation is 1. The summed E-state index contributed by atoms with van der Waals surface area (Å²) < 4.78 is 5.22. The molecule has 0 saturated carbocycles. The van der Waals surface area contributed by atoms with Crippen LogP contribution in [0.15, 0.2) is 29.6 Å². The van der Waals surface area contributed by atoms with E-state index in [0.717, 1.165) is 9.91 Å². The summed E-state index contributed by atoms with van der Waals surface area (Å²) in [4.78, 5) is 41.0. The van der Waals surface area contributed by atoms with E-state index >= 15 is 0 Å². The predicted molar refractivity (Wildman–Crippen MR) is 84.1 cm³/mol. The van der Waals surface area contributed by atoms with Crippen molar-refractivity contribution in [3.63, 3.8) is 0 Å². The lowest BCUT2D eigenvalue weighted by Gasteiger charge is -2.14. The number of ether oxygens (including phenoxy) is 1. The molecule has 118 valence electrons. The molecule has 1 saturated heterocycles. The molecule has 2 aromatic rings. The number of hydrogen-bond acceptors (Lipinski definition) is 6. The molecule has 23 heavy (non-hydrogen) atoms. The summed E-state index contributed by atoms with van der Waals surface area (Å²) in [6, 6.07) is 6.33. The highest BCUT2D eigenvalue weighted by Crippen LogP contribution is 2.23. The van der Waals surface area contributed by atoms with Crippen LogP contribution >= 0.6 is 11.3 Å². The standard InChI is InChI=1S/C16H14N2O4S/c1-10-17-12(9-23-10)8-22-16(21)11-3-2-4-13(7-11)18-14(19)5-6-15(18)20/h2-4,7,9H,5-6,8H2,1H3. The maximum atomic E-state index is 12.1. The Morgan fingerprint density at radius 3 is 2.70 bits per heavy atom. The van der Waals surface area contributed by atoms with E-state index in [0.29, 0.717) is 16.9 Å². The molecular formula is C16H14N2O4S. The first-order valence-corrected chi connectivity index (χ1v) is 7.96. The van der Waals surface area contributed by atoms with E-state index in [9.17, 15) is 14.4 Å². The van der Waals surface area contributed by atoms with Crippen LogP contribution in [0.4, 0.5) is 5.69 Å². The summed E-state index contributed by atoms with van der Waals surface area (Å²) >= 11 is 1.49. The van der Waals surface area contributed by atoms with Crippen molar-refractivity contribution in [1.29, 1.82) is 0 Å². The van der Waals surface area contributed by atoms with Gasteiger partial charge in [-0.3, -0.25) is 14.5 Å². The molecule has 0 aliphatic carbocycles. The van der Waals surface area contributed by atoms with Gasteiger partial charge in [0.05, 0.1) is 22.0 Å². The smallest absolute Gasteiger partial charge is 0.338 e. The first kappa shape index (κ1) is 15.4. The molecule has 3 rings (SSSR count). The number of benzene rings is 1. The molecule has 1 fully saturated rings. The molecule has 7 heteroatoms. The lowest BCUT2D eigenvalue weighted by Crippen LogP contribution is -2.28. The Morgan fingerprint density at radius 2 is 2.04 bits per heavy atom. The van der Waals surface area contributed by atoms with Crippen LogP contribution in [0.3, 0.4) is 0 Å². The Bertz CT molecular complexity index is 768. The van der Waals surface area contributed by atoms with Crippen LogP contribution in [-0.2, 0) is 20.9 Å². The molecule has 0 N–H and O–H groups in total. The van der Waals surface area contributed by atoms with Gasteiger partial charge in [-0.15, -0.1) is 11.3 Å². The van der Waals surface area contributed by atoms with Gasteiger partial charge in [-0.05, 0) is 25.1 Å². The molecule has 1 aromatic heterocycles. The van der Waals surface area contributed by atoms with Crippen LogP contribution in [0.2, 0.25) is 0 Å². The number of rotatable bonds is 4. The number of esters is 1. The molecule has 1 aliphatic heterocycles. The number of aromatic nitrogens is 1. The highest BCUT2D eigenvalue weighted by molar-refractivity contribution is 7.09. The zero-order chi connectivity index (χ0) is 16.4. The van der Waals surface area contributed by atoms with E-state index in [1.54, 1.807) is 18.2 Å². The lowest BCUT2D eigenvalue weighted by molar-refractivity contribution is -0.121. The van der Waals surface area contributed by atoms with Gasteiger partial charge in [-0.1, -0.05) is 6.07 Å². The molecule has 2 amide bonds. The number of carbonyl (C=O) groups excluding carboxylic acids is 3. The van der Waals surface area contributed by atoms with Crippen molar-refractivity contribution >= 4 is 34.8 Å². The second-order valence-corrected chi connectivity index (χ2v) is 6.17. The zero-order valence-electron chi connectivity index (χ0n) is 12.4. The van der Waals surface area contributed by atoms with Gasteiger partial charge in [0, 0.05) is 18.2 Å². The van der Waals surface area contributed by atoms with Gasteiger partial charge in [0.1, 0.15) is 6.61 Å². The molecule has 1 aromatic carbocycles. The Balaban J connectivity index is 1.72. The third-order valence-electron chi connectivity index (χ3n) is 3.41. The fraction of sp³-hybridized carbons (Fsp3) is 0.250. The largest absolute Gasteiger partial charge is 0.456 e. The fourth-order valence-corrected chi connectivity index (χ4v) is 2.93. The minimum atomic E-state index is -0.517. The van der Waals surface area contributed by atoms with E-state index in [1.807, 2.05) is 12.3 Å². The van der Waals surface area contributed by atoms with Crippen molar-refractivity contribution in [2.75, 3.05) is 4.90 Å². The molecular weight excluding hydrogens is 316 g/mol. The van der Waals surface area contributed by atoms with Crippen molar-refractivity contribution in [2.45, 2.75) is 26.4 Å². The maximum absolute atomic E-state index is 12.1. The minimum absolute atomic E-state index is 0.0922. The molecule has 0 radical (unpaired) electrons. The van der Waals surface area contributed by atoms with E-state index in [-0.39, 0.29) is 31.3 Å². The average molecular weight is 330 g/mol. The molecule has 2 heterocycles. The van der Waals surface area contributed by atoms with E-state index in [1.165, 1.54) is 17.4 Å². The zero-order valence-corrected chi connectivity index (χ0v) is 13.3. The van der Waals surface area contributed by atoms with Gasteiger partial charge in [-0.25, -0.2) is 9.78 Å². The Labute approximate surface area is 136 Å². The van der Waals surface area contributed by atoms with Crippen molar-refractivity contribution in [1.82, 2.24) is 4.98 Å². The van der Waals surface area contributed by atoms with Gasteiger partial charge in [0.25, 0.3) is 0 Å². The summed E-state index contributed by atoms with van der Waals surface area (Å²) in [5, 5.41) is 2.74. The summed E-state index contributed by atoms with van der Waals surface area (Å²) in [6.45, 7) is 1.97. The number of amides is 2. The van der Waals surface area contributed by atoms with Crippen molar-refractivity contribution in [2.24, 2.45) is 0 Å². The first-order valence-electron chi connectivity index (χ1n) is 7.08. The summed E-state index contributed by atoms with van der Waals surface area (Å²) in [5.74, 6) is -1.02. The molecule has 0 bridgehead atoms. The van der Waals surface area contributed by atoms with Crippen LogP contribution in [-0.4, -0.2) is 22.8 Å². The van der Waals surface area contributed by atoms with Crippen molar-refractivity contribution in [3.8, 4) is 0 Å². The van der Waals surface area contributed by atoms with Crippen LogP contribution in [0, 0.1) is 6.92 Å². The maximum Gasteiger partial charge on any atom is 0.338 e. The second kappa shape index (κ2) is 6.29. The van der Waals surface area contributed by atoms with E-state index < -0.39 is 5.97 Å². The molecule has 0 spiro atoms. The summed E-state index contributed by atoms with van der Waals surface area (Å²) in [5.41, 5.74) is 1.39. The SMILES string of the molecule is Cc1nc(COC(=O)c2cccc(N3C(=O)CCC3=O)c2)cs1. The van der Waals surface area contributed by atoms with Gasteiger partial charge in [-0.2, -0.15) is 0 Å². The number of hydrogen-bond donors (Lipinski definition) is 0. The number of thiazole rings is 1. The van der Waals surface area contributed by atoms with Crippen LogP contribution in [0.5, 0.6) is 0 Å². The van der Waals surface area contributed by atoms with Gasteiger partial charge in [0.15, 0.2) is 0 Å². The van der Waals surface area contributed by atoms with Gasteiger partial charge in [0.2, 0.25) is 11.8 Å². The predicted octanol–water partition coefficient (Wildman–Crippen LogP) is 2.46. The van der Waals surface area contributed by atoms with E-state index in [2.05, 4.69) is 4.98 Å². The minimum Gasteiger partial charge on any atom is -0.456 e. The number of nitrogens with zero attached hydrogens (tertiary/aromatic N) is 2. The quantitative estimate of drug-likeness (QED) is 0.636. The number of anilines is 1. The Morgan fingerprint density at radius 1 is 1.30 bits per heavy atom. The van der Waals surface area contributed by atoms with E-state index in [4.69, 9.17) is 4.74 Å². The fourth-order valence-electron chi connectivity index (χ4n) is 2.33. The monoisotopic (exact) mass is 330 g/mol. The average Bonchev–Trinajstić information content (AvgIpc) is 3.10. The normalized spacial score (nSPS) is 14.4. The molecule has 1 aliphatic rings. The summed E-state index contributed by atoms with van der Waals surface area (Å²) in [6.07, 6.45) is 0.410. The molecule has 6 nitrogen and oxygen atoms in total. The highest BCUT2D eigenvalue weighted by Gasteiger charge is 2.30. The molecule has 0 unspecified atom stereocenters. The first-order chi connectivity index (χ1) is 11.0. The lowest BCUT2D eigenvalue weighted by atomic mass is 10.2. The second-order valence-electron chi connectivity index (χ2n) is 5.11. The Kier molecular flexibility index (Phi) is 4.20. The van der Waals surface area contributed by atoms with Crippen LogP contribution in [0.25, 0.3) is 0 Å². The highest BCUT2D eigenvalue weighted by atomic mass is 32.1. The Hall–Kier alpha value is -2.54. The number of imide groups is 1. The van der Waals surface area contributed by atoms with Crippen LogP contribution < -0.4 is 4.90 Å². The number of carbonyl (C=O) groups is 3. The summed E-state index contributed by atoms with van der Waals surface area (Å²) in [7, 11) is 0.